The zero-order valence-corrected chi connectivity index (χ0v) is 10.9. The first-order valence-electron chi connectivity index (χ1n) is 7.21. The Balaban J connectivity index is 1.80. The Morgan fingerprint density at radius 1 is 1.06 bits per heavy atom. The third kappa shape index (κ3) is 4.09. The smallest absolute Gasteiger partial charge is 0.0224 e. The summed E-state index contributed by atoms with van der Waals surface area (Å²) in [4.78, 5) is 0. The molecule has 1 aliphatic carbocycles. The molecule has 0 aromatic heterocycles. The van der Waals surface area contributed by atoms with Gasteiger partial charge in [-0.3, -0.25) is 0 Å². The van der Waals surface area contributed by atoms with Crippen LogP contribution in [-0.4, -0.2) is 37.8 Å². The first-order chi connectivity index (χ1) is 8.40. The number of piperidine rings is 1. The third-order valence-electron chi connectivity index (χ3n) is 4.08. The molecule has 1 saturated carbocycles. The zero-order valence-electron chi connectivity index (χ0n) is 10.9. The van der Waals surface area contributed by atoms with Crippen LogP contribution in [0.5, 0.6) is 0 Å². The molecule has 1 saturated heterocycles. The Kier molecular flexibility index (Phi) is 5.49. The van der Waals surface area contributed by atoms with Crippen LogP contribution in [-0.2, 0) is 0 Å². The summed E-state index contributed by atoms with van der Waals surface area (Å²) < 4.78 is 0. The van der Waals surface area contributed by atoms with Gasteiger partial charge < -0.3 is 16.0 Å². The average Bonchev–Trinajstić information content (AvgIpc) is 2.39. The predicted molar refractivity (Wildman–Crippen MR) is 73.3 cm³/mol. The lowest BCUT2D eigenvalue weighted by Gasteiger charge is -2.37. The summed E-state index contributed by atoms with van der Waals surface area (Å²) in [7, 11) is 0. The maximum Gasteiger partial charge on any atom is 0.0224 e. The Hall–Kier alpha value is -0.380. The van der Waals surface area contributed by atoms with Crippen LogP contribution in [0.2, 0.25) is 0 Å². The normalized spacial score (nSPS) is 31.3. The Labute approximate surface area is 105 Å². The lowest BCUT2D eigenvalue weighted by atomic mass is 9.89. The highest BCUT2D eigenvalue weighted by molar-refractivity contribution is 4.90. The molecule has 2 fully saturated rings. The van der Waals surface area contributed by atoms with Gasteiger partial charge in [-0.05, 0) is 38.8 Å². The SMILES string of the molecule is C=CCN[C@H]1CCCC[C@@H]1NC1CCNCC1. The minimum atomic E-state index is 0.650. The van der Waals surface area contributed by atoms with Crippen LogP contribution in [0.4, 0.5) is 0 Å². The van der Waals surface area contributed by atoms with Crippen LogP contribution in [0.15, 0.2) is 12.7 Å². The van der Waals surface area contributed by atoms with Crippen LogP contribution in [0.25, 0.3) is 0 Å². The van der Waals surface area contributed by atoms with Crippen molar-refractivity contribution in [2.45, 2.75) is 56.7 Å². The molecule has 3 nitrogen and oxygen atoms in total. The van der Waals surface area contributed by atoms with Gasteiger partial charge in [0.15, 0.2) is 0 Å². The van der Waals surface area contributed by atoms with E-state index >= 15 is 0 Å². The molecule has 2 aliphatic rings. The number of rotatable bonds is 5. The minimum absolute atomic E-state index is 0.650. The fraction of sp³-hybridized carbons (Fsp3) is 0.857. The lowest BCUT2D eigenvalue weighted by molar-refractivity contribution is 0.248. The molecular weight excluding hydrogens is 210 g/mol. The topological polar surface area (TPSA) is 36.1 Å². The lowest BCUT2D eigenvalue weighted by Crippen LogP contribution is -2.54. The summed E-state index contributed by atoms with van der Waals surface area (Å²) in [6.45, 7) is 7.09. The van der Waals surface area contributed by atoms with E-state index in [0.717, 1.165) is 12.6 Å². The van der Waals surface area contributed by atoms with Gasteiger partial charge in [-0.2, -0.15) is 0 Å². The summed E-state index contributed by atoms with van der Waals surface area (Å²) in [6, 6.07) is 2.05. The molecule has 0 radical (unpaired) electrons. The summed E-state index contributed by atoms with van der Waals surface area (Å²) in [5.74, 6) is 0. The van der Waals surface area contributed by atoms with Crippen molar-refractivity contribution in [2.24, 2.45) is 0 Å². The fourth-order valence-electron chi connectivity index (χ4n) is 3.10. The van der Waals surface area contributed by atoms with E-state index in [9.17, 15) is 0 Å². The van der Waals surface area contributed by atoms with E-state index in [1.54, 1.807) is 0 Å². The molecule has 3 N–H and O–H groups in total. The van der Waals surface area contributed by atoms with Crippen molar-refractivity contribution in [1.29, 1.82) is 0 Å². The van der Waals surface area contributed by atoms with E-state index in [4.69, 9.17) is 0 Å². The summed E-state index contributed by atoms with van der Waals surface area (Å²) >= 11 is 0. The molecular formula is C14H27N3. The predicted octanol–water partition coefficient (Wildman–Crippen LogP) is 1.41. The van der Waals surface area contributed by atoms with Crippen molar-refractivity contribution in [3.8, 4) is 0 Å². The Morgan fingerprint density at radius 2 is 1.76 bits per heavy atom. The average molecular weight is 237 g/mol. The zero-order chi connectivity index (χ0) is 11.9. The molecule has 0 bridgehead atoms. The van der Waals surface area contributed by atoms with Crippen LogP contribution in [0.1, 0.15) is 38.5 Å². The Bertz CT molecular complexity index is 224. The molecule has 0 aromatic rings. The van der Waals surface area contributed by atoms with Gasteiger partial charge in [0, 0.05) is 24.7 Å². The highest BCUT2D eigenvalue weighted by Crippen LogP contribution is 2.20. The second-order valence-electron chi connectivity index (χ2n) is 5.39. The van der Waals surface area contributed by atoms with E-state index in [-0.39, 0.29) is 0 Å². The minimum Gasteiger partial charge on any atom is -0.317 e. The van der Waals surface area contributed by atoms with Gasteiger partial charge in [-0.15, -0.1) is 6.58 Å². The number of hydrogen-bond acceptors (Lipinski definition) is 3. The molecule has 0 spiro atoms. The van der Waals surface area contributed by atoms with Crippen molar-refractivity contribution < 1.29 is 0 Å². The highest BCUT2D eigenvalue weighted by atomic mass is 15.1. The Morgan fingerprint density at radius 3 is 2.47 bits per heavy atom. The van der Waals surface area contributed by atoms with Crippen molar-refractivity contribution in [1.82, 2.24) is 16.0 Å². The van der Waals surface area contributed by atoms with Gasteiger partial charge in [-0.1, -0.05) is 18.9 Å². The van der Waals surface area contributed by atoms with Crippen molar-refractivity contribution in [3.05, 3.63) is 12.7 Å². The molecule has 0 amide bonds. The van der Waals surface area contributed by atoms with Gasteiger partial charge >= 0.3 is 0 Å². The van der Waals surface area contributed by atoms with E-state index < -0.39 is 0 Å². The second-order valence-corrected chi connectivity index (χ2v) is 5.39. The standard InChI is InChI=1S/C14H27N3/c1-2-9-16-13-5-3-4-6-14(13)17-12-7-10-15-11-8-12/h2,12-17H,1,3-11H2/t13-,14-/m0/s1. The van der Waals surface area contributed by atoms with Crippen LogP contribution in [0.3, 0.4) is 0 Å². The van der Waals surface area contributed by atoms with Gasteiger partial charge in [0.1, 0.15) is 0 Å². The second kappa shape index (κ2) is 7.14. The molecule has 98 valence electrons. The summed E-state index contributed by atoms with van der Waals surface area (Å²) in [5.41, 5.74) is 0. The first-order valence-corrected chi connectivity index (χ1v) is 7.21. The van der Waals surface area contributed by atoms with Gasteiger partial charge in [0.05, 0.1) is 0 Å². The molecule has 3 heteroatoms. The molecule has 17 heavy (non-hydrogen) atoms. The fourth-order valence-corrected chi connectivity index (χ4v) is 3.10. The van der Waals surface area contributed by atoms with E-state index in [1.807, 2.05) is 6.08 Å². The van der Waals surface area contributed by atoms with Gasteiger partial charge in [-0.25, -0.2) is 0 Å². The quantitative estimate of drug-likeness (QED) is 0.633. The van der Waals surface area contributed by atoms with E-state index in [2.05, 4.69) is 22.5 Å². The van der Waals surface area contributed by atoms with Crippen LogP contribution >= 0.6 is 0 Å². The summed E-state index contributed by atoms with van der Waals surface area (Å²) in [6.07, 6.45) is 9.94. The summed E-state index contributed by atoms with van der Waals surface area (Å²) in [5, 5.41) is 10.9. The van der Waals surface area contributed by atoms with Crippen LogP contribution in [0, 0.1) is 0 Å². The van der Waals surface area contributed by atoms with E-state index in [1.165, 1.54) is 51.6 Å². The van der Waals surface area contributed by atoms with E-state index in [0.29, 0.717) is 12.1 Å². The third-order valence-corrected chi connectivity index (χ3v) is 4.08. The molecule has 0 unspecified atom stereocenters. The molecule has 2 atom stereocenters. The number of nitrogens with one attached hydrogen (secondary N) is 3. The number of hydrogen-bond donors (Lipinski definition) is 3. The van der Waals surface area contributed by atoms with Crippen molar-refractivity contribution in [2.75, 3.05) is 19.6 Å². The highest BCUT2D eigenvalue weighted by Gasteiger charge is 2.26. The van der Waals surface area contributed by atoms with Gasteiger partial charge in [0.2, 0.25) is 0 Å². The van der Waals surface area contributed by atoms with Crippen LogP contribution < -0.4 is 16.0 Å². The van der Waals surface area contributed by atoms with Gasteiger partial charge in [0.25, 0.3) is 0 Å². The molecule has 0 aromatic carbocycles. The monoisotopic (exact) mass is 237 g/mol. The maximum atomic E-state index is 3.88. The molecule has 1 heterocycles. The molecule has 1 aliphatic heterocycles. The first kappa shape index (κ1) is 13.1. The van der Waals surface area contributed by atoms with Crippen molar-refractivity contribution >= 4 is 0 Å². The largest absolute Gasteiger partial charge is 0.317 e. The molecule has 2 rings (SSSR count). The maximum absolute atomic E-state index is 3.88. The van der Waals surface area contributed by atoms with Crippen molar-refractivity contribution in [3.63, 3.8) is 0 Å².